The Balaban J connectivity index is 1.76. The van der Waals surface area contributed by atoms with Gasteiger partial charge >= 0.3 is 0 Å². The van der Waals surface area contributed by atoms with E-state index in [1.54, 1.807) is 13.2 Å². The molecule has 0 saturated carbocycles. The van der Waals surface area contributed by atoms with Gasteiger partial charge in [0.05, 0.1) is 0 Å². The van der Waals surface area contributed by atoms with Crippen LogP contribution in [0.5, 0.6) is 0 Å². The summed E-state index contributed by atoms with van der Waals surface area (Å²) in [7, 11) is -1.93. The Morgan fingerprint density at radius 1 is 1.04 bits per heavy atom. The quantitative estimate of drug-likeness (QED) is 0.694. The number of sulfonamides is 1. The predicted molar refractivity (Wildman–Crippen MR) is 103 cm³/mol. The summed E-state index contributed by atoms with van der Waals surface area (Å²) in [6, 6.07) is 19.2. The molecule has 1 atom stereocenters. The third-order valence-electron chi connectivity index (χ3n) is 4.20. The maximum atomic E-state index is 12.9. The van der Waals surface area contributed by atoms with Gasteiger partial charge in [-0.2, -0.15) is 5.10 Å². The van der Waals surface area contributed by atoms with Crippen molar-refractivity contribution in [1.29, 1.82) is 0 Å². The molecule has 1 unspecified atom stereocenters. The molecule has 0 spiro atoms. The molecule has 1 aromatic heterocycles. The molecule has 3 aromatic rings. The van der Waals surface area contributed by atoms with Crippen LogP contribution in [0.2, 0.25) is 0 Å². The van der Waals surface area contributed by atoms with Crippen molar-refractivity contribution < 1.29 is 8.42 Å². The van der Waals surface area contributed by atoms with Crippen molar-refractivity contribution in [3.8, 4) is 11.3 Å². The Morgan fingerprint density at radius 2 is 1.65 bits per heavy atom. The topological polar surface area (TPSA) is 64.0 Å². The summed E-state index contributed by atoms with van der Waals surface area (Å²) in [5.74, 6) is 0. The first-order valence-corrected chi connectivity index (χ1v) is 10.1. The van der Waals surface area contributed by atoms with Crippen LogP contribution >= 0.6 is 0 Å². The van der Waals surface area contributed by atoms with Crippen molar-refractivity contribution >= 4 is 10.0 Å². The second-order valence-electron chi connectivity index (χ2n) is 6.43. The molecule has 3 rings (SSSR count). The lowest BCUT2D eigenvalue weighted by Crippen LogP contribution is -2.33. The largest absolute Gasteiger partial charge is 0.274 e. The molecule has 0 aliphatic heterocycles. The van der Waals surface area contributed by atoms with Gasteiger partial charge in [0.1, 0.15) is 10.6 Å². The number of aromatic nitrogens is 2. The summed E-state index contributed by atoms with van der Waals surface area (Å²) < 4.78 is 30.1. The van der Waals surface area contributed by atoms with Crippen LogP contribution in [0.4, 0.5) is 0 Å². The Bertz CT molecular complexity index is 951. The molecule has 26 heavy (non-hydrogen) atoms. The SMILES string of the molecule is CC(CCc1ccccc1)NS(=O)(=O)c1cn(C)nc1-c1ccccc1. The lowest BCUT2D eigenvalue weighted by Gasteiger charge is -2.14. The van der Waals surface area contributed by atoms with Gasteiger partial charge in [-0.1, -0.05) is 60.7 Å². The molecule has 0 saturated heterocycles. The van der Waals surface area contributed by atoms with Crippen molar-refractivity contribution in [2.24, 2.45) is 7.05 Å². The van der Waals surface area contributed by atoms with E-state index in [0.29, 0.717) is 5.69 Å². The van der Waals surface area contributed by atoms with E-state index in [1.807, 2.05) is 55.5 Å². The van der Waals surface area contributed by atoms with Gasteiger partial charge in [0.2, 0.25) is 10.0 Å². The molecular weight excluding hydrogens is 346 g/mol. The minimum atomic E-state index is -3.66. The highest BCUT2D eigenvalue weighted by Gasteiger charge is 2.24. The minimum Gasteiger partial charge on any atom is -0.274 e. The van der Waals surface area contributed by atoms with Crippen molar-refractivity contribution in [2.45, 2.75) is 30.7 Å². The van der Waals surface area contributed by atoms with Gasteiger partial charge in [-0.25, -0.2) is 13.1 Å². The third-order valence-corrected chi connectivity index (χ3v) is 5.79. The number of aryl methyl sites for hydroxylation is 2. The van der Waals surface area contributed by atoms with Crippen LogP contribution in [0, 0.1) is 0 Å². The zero-order chi connectivity index (χ0) is 18.6. The average molecular weight is 369 g/mol. The standard InChI is InChI=1S/C20H23N3O2S/c1-16(13-14-17-9-5-3-6-10-17)22-26(24,25)19-15-23(2)21-20(19)18-11-7-4-8-12-18/h3-12,15-16,22H,13-14H2,1-2H3. The number of rotatable bonds is 7. The van der Waals surface area contributed by atoms with Crippen molar-refractivity contribution in [2.75, 3.05) is 0 Å². The third kappa shape index (κ3) is 4.39. The molecule has 6 heteroatoms. The van der Waals surface area contributed by atoms with E-state index in [9.17, 15) is 8.42 Å². The van der Waals surface area contributed by atoms with Crippen LogP contribution in [0.3, 0.4) is 0 Å². The Morgan fingerprint density at radius 3 is 2.31 bits per heavy atom. The first-order valence-electron chi connectivity index (χ1n) is 8.61. The summed E-state index contributed by atoms with van der Waals surface area (Å²) >= 11 is 0. The molecule has 0 amide bonds. The smallest absolute Gasteiger partial charge is 0.244 e. The van der Waals surface area contributed by atoms with Crippen LogP contribution in [0.1, 0.15) is 18.9 Å². The number of nitrogens with one attached hydrogen (secondary N) is 1. The maximum Gasteiger partial charge on any atom is 0.244 e. The Labute approximate surface area is 154 Å². The second kappa shape index (κ2) is 7.85. The lowest BCUT2D eigenvalue weighted by molar-refractivity contribution is 0.547. The van der Waals surface area contributed by atoms with Gasteiger partial charge in [0.25, 0.3) is 0 Å². The van der Waals surface area contributed by atoms with E-state index >= 15 is 0 Å². The zero-order valence-electron chi connectivity index (χ0n) is 15.0. The predicted octanol–water partition coefficient (Wildman–Crippen LogP) is 3.39. The monoisotopic (exact) mass is 369 g/mol. The molecule has 136 valence electrons. The van der Waals surface area contributed by atoms with E-state index in [4.69, 9.17) is 0 Å². The normalized spacial score (nSPS) is 12.8. The molecule has 1 heterocycles. The van der Waals surface area contributed by atoms with Crippen LogP contribution < -0.4 is 4.72 Å². The van der Waals surface area contributed by atoms with Crippen molar-refractivity contribution in [3.05, 3.63) is 72.4 Å². The van der Waals surface area contributed by atoms with Gasteiger partial charge in [0, 0.05) is 24.8 Å². The van der Waals surface area contributed by atoms with E-state index in [2.05, 4.69) is 22.0 Å². The second-order valence-corrected chi connectivity index (χ2v) is 8.11. The van der Waals surface area contributed by atoms with E-state index < -0.39 is 10.0 Å². The van der Waals surface area contributed by atoms with E-state index in [0.717, 1.165) is 18.4 Å². The van der Waals surface area contributed by atoms with Crippen molar-refractivity contribution in [1.82, 2.24) is 14.5 Å². The van der Waals surface area contributed by atoms with Gasteiger partial charge < -0.3 is 0 Å². The molecule has 0 aliphatic rings. The summed E-state index contributed by atoms with van der Waals surface area (Å²) in [4.78, 5) is 0.206. The van der Waals surface area contributed by atoms with Crippen LogP contribution in [0.25, 0.3) is 11.3 Å². The molecule has 0 radical (unpaired) electrons. The maximum absolute atomic E-state index is 12.9. The summed E-state index contributed by atoms with van der Waals surface area (Å²) in [5.41, 5.74) is 2.45. The van der Waals surface area contributed by atoms with Gasteiger partial charge in [-0.05, 0) is 25.3 Å². The van der Waals surface area contributed by atoms with Crippen LogP contribution in [-0.2, 0) is 23.5 Å². The molecule has 2 aromatic carbocycles. The average Bonchev–Trinajstić information content (AvgIpc) is 3.04. The summed E-state index contributed by atoms with van der Waals surface area (Å²) in [6.45, 7) is 1.89. The summed E-state index contributed by atoms with van der Waals surface area (Å²) in [5, 5.41) is 4.35. The fourth-order valence-electron chi connectivity index (χ4n) is 2.87. The van der Waals surface area contributed by atoms with Gasteiger partial charge in [-0.3, -0.25) is 4.68 Å². The number of hydrogen-bond donors (Lipinski definition) is 1. The van der Waals surface area contributed by atoms with Crippen LogP contribution in [0.15, 0.2) is 71.8 Å². The van der Waals surface area contributed by atoms with Crippen molar-refractivity contribution in [3.63, 3.8) is 0 Å². The van der Waals surface area contributed by atoms with Crippen LogP contribution in [-0.4, -0.2) is 24.2 Å². The fraction of sp³-hybridized carbons (Fsp3) is 0.250. The highest BCUT2D eigenvalue weighted by atomic mass is 32.2. The zero-order valence-corrected chi connectivity index (χ0v) is 15.8. The molecule has 0 fully saturated rings. The minimum absolute atomic E-state index is 0.177. The number of hydrogen-bond acceptors (Lipinski definition) is 3. The highest BCUT2D eigenvalue weighted by molar-refractivity contribution is 7.89. The molecular formula is C20H23N3O2S. The first kappa shape index (κ1) is 18.4. The molecule has 0 bridgehead atoms. The fourth-order valence-corrected chi connectivity index (χ4v) is 4.35. The summed E-state index contributed by atoms with van der Waals surface area (Å²) in [6.07, 6.45) is 3.10. The lowest BCUT2D eigenvalue weighted by atomic mass is 10.1. The first-order chi connectivity index (χ1) is 12.5. The van der Waals surface area contributed by atoms with E-state index in [-0.39, 0.29) is 10.9 Å². The van der Waals surface area contributed by atoms with Gasteiger partial charge in [0.15, 0.2) is 0 Å². The van der Waals surface area contributed by atoms with E-state index in [1.165, 1.54) is 10.2 Å². The highest BCUT2D eigenvalue weighted by Crippen LogP contribution is 2.25. The number of nitrogens with zero attached hydrogens (tertiary/aromatic N) is 2. The molecule has 0 aliphatic carbocycles. The number of benzene rings is 2. The molecule has 5 nitrogen and oxygen atoms in total. The van der Waals surface area contributed by atoms with Gasteiger partial charge in [-0.15, -0.1) is 0 Å². The Kier molecular flexibility index (Phi) is 5.54. The Hall–Kier alpha value is -2.44. The molecule has 1 N–H and O–H groups in total.